The highest BCUT2D eigenvalue weighted by molar-refractivity contribution is 6.49. The first kappa shape index (κ1) is 14.4. The fourth-order valence-electron chi connectivity index (χ4n) is 2.98. The minimum Gasteiger partial charge on any atom is -0.321 e. The molecule has 2 aliphatic rings. The quantitative estimate of drug-likeness (QED) is 0.760. The van der Waals surface area contributed by atoms with Crippen molar-refractivity contribution in [3.05, 3.63) is 59.7 Å². The van der Waals surface area contributed by atoms with Gasteiger partial charge in [0.25, 0.3) is 11.8 Å². The summed E-state index contributed by atoms with van der Waals surface area (Å²) < 4.78 is 0. The fourth-order valence-corrected chi connectivity index (χ4v) is 2.98. The molecular formula is C17H13ClN2O2. The van der Waals surface area contributed by atoms with E-state index in [9.17, 15) is 9.59 Å². The molecule has 4 nitrogen and oxygen atoms in total. The second-order valence-electron chi connectivity index (χ2n) is 5.13. The smallest absolute Gasteiger partial charge is 0.259 e. The molecule has 0 saturated heterocycles. The second kappa shape index (κ2) is 5.00. The normalized spacial score (nSPS) is 18.7. The molecule has 1 N–H and O–H groups in total. The number of halogens is 1. The third-order valence-electron chi connectivity index (χ3n) is 3.97. The highest BCUT2D eigenvalue weighted by atomic mass is 35.5. The van der Waals surface area contributed by atoms with Crippen LogP contribution in [0.3, 0.4) is 0 Å². The van der Waals surface area contributed by atoms with E-state index in [4.69, 9.17) is 0 Å². The van der Waals surface area contributed by atoms with Crippen LogP contribution >= 0.6 is 12.4 Å². The Kier molecular flexibility index (Phi) is 3.26. The summed E-state index contributed by atoms with van der Waals surface area (Å²) in [6, 6.07) is 15.0. The van der Waals surface area contributed by atoms with Gasteiger partial charge in [0.15, 0.2) is 0 Å². The van der Waals surface area contributed by atoms with Crippen molar-refractivity contribution >= 4 is 46.7 Å². The largest absolute Gasteiger partial charge is 0.321 e. The lowest BCUT2D eigenvalue weighted by Crippen LogP contribution is -2.21. The zero-order valence-electron chi connectivity index (χ0n) is 11.8. The van der Waals surface area contributed by atoms with Gasteiger partial charge in [-0.25, -0.2) is 0 Å². The van der Waals surface area contributed by atoms with Crippen molar-refractivity contribution < 1.29 is 9.59 Å². The Bertz CT molecular complexity index is 842. The van der Waals surface area contributed by atoms with Gasteiger partial charge in [0.05, 0.1) is 16.8 Å². The summed E-state index contributed by atoms with van der Waals surface area (Å²) in [7, 11) is 1.73. The molecule has 0 unspecified atom stereocenters. The van der Waals surface area contributed by atoms with Crippen molar-refractivity contribution in [1.29, 1.82) is 0 Å². The molecule has 0 atom stereocenters. The highest BCUT2D eigenvalue weighted by Gasteiger charge is 2.37. The van der Waals surface area contributed by atoms with Crippen LogP contribution in [-0.2, 0) is 9.59 Å². The Balaban J connectivity index is 0.00000144. The predicted octanol–water partition coefficient (Wildman–Crippen LogP) is 2.95. The van der Waals surface area contributed by atoms with Gasteiger partial charge < -0.3 is 10.2 Å². The van der Waals surface area contributed by atoms with Gasteiger partial charge in [-0.2, -0.15) is 0 Å². The van der Waals surface area contributed by atoms with Gasteiger partial charge in [-0.1, -0.05) is 36.4 Å². The van der Waals surface area contributed by atoms with Crippen LogP contribution < -0.4 is 10.2 Å². The van der Waals surface area contributed by atoms with Crippen LogP contribution in [0, 0.1) is 0 Å². The molecule has 110 valence electrons. The maximum absolute atomic E-state index is 12.6. The van der Waals surface area contributed by atoms with Crippen LogP contribution in [0.25, 0.3) is 11.1 Å². The average Bonchev–Trinajstić information content (AvgIpc) is 2.95. The maximum Gasteiger partial charge on any atom is 0.259 e. The van der Waals surface area contributed by atoms with E-state index in [0.29, 0.717) is 11.1 Å². The van der Waals surface area contributed by atoms with Crippen LogP contribution in [-0.4, -0.2) is 18.9 Å². The number of hydrogen-bond acceptors (Lipinski definition) is 2. The van der Waals surface area contributed by atoms with Gasteiger partial charge in [0.1, 0.15) is 0 Å². The van der Waals surface area contributed by atoms with E-state index < -0.39 is 0 Å². The molecule has 0 aromatic heterocycles. The predicted molar refractivity (Wildman–Crippen MR) is 89.0 cm³/mol. The molecule has 0 spiro atoms. The number of rotatable bonds is 0. The third kappa shape index (κ3) is 1.77. The van der Waals surface area contributed by atoms with E-state index in [2.05, 4.69) is 5.32 Å². The molecular weight excluding hydrogens is 300 g/mol. The fraction of sp³-hybridized carbons (Fsp3) is 0.0588. The van der Waals surface area contributed by atoms with Crippen LogP contribution in [0.2, 0.25) is 0 Å². The molecule has 0 fully saturated rings. The van der Waals surface area contributed by atoms with E-state index in [0.717, 1.165) is 22.5 Å². The van der Waals surface area contributed by atoms with Crippen molar-refractivity contribution in [2.24, 2.45) is 0 Å². The number of anilines is 2. The molecule has 2 heterocycles. The van der Waals surface area contributed by atoms with E-state index in [1.165, 1.54) is 0 Å². The van der Waals surface area contributed by atoms with E-state index in [-0.39, 0.29) is 24.2 Å². The number of benzene rings is 2. The molecule has 2 aromatic carbocycles. The second-order valence-corrected chi connectivity index (χ2v) is 5.13. The minimum atomic E-state index is -0.218. The zero-order chi connectivity index (χ0) is 14.6. The summed E-state index contributed by atoms with van der Waals surface area (Å²) in [5, 5.41) is 2.82. The van der Waals surface area contributed by atoms with Gasteiger partial charge >= 0.3 is 0 Å². The number of para-hydroxylation sites is 2. The third-order valence-corrected chi connectivity index (χ3v) is 3.97. The minimum absolute atomic E-state index is 0. The molecule has 2 aromatic rings. The van der Waals surface area contributed by atoms with Crippen molar-refractivity contribution in [1.82, 2.24) is 0 Å². The molecule has 0 bridgehead atoms. The van der Waals surface area contributed by atoms with Crippen molar-refractivity contribution in [3.63, 3.8) is 0 Å². The van der Waals surface area contributed by atoms with Gasteiger partial charge in [0, 0.05) is 23.9 Å². The Hall–Kier alpha value is -2.59. The number of nitrogens with zero attached hydrogens (tertiary/aromatic N) is 1. The van der Waals surface area contributed by atoms with E-state index in [1.54, 1.807) is 11.9 Å². The van der Waals surface area contributed by atoms with Crippen molar-refractivity contribution in [2.45, 2.75) is 0 Å². The molecule has 0 aliphatic carbocycles. The number of carbonyl (C=O) groups excluding carboxylic acids is 2. The van der Waals surface area contributed by atoms with Crippen LogP contribution in [0.5, 0.6) is 0 Å². The monoisotopic (exact) mass is 312 g/mol. The average molecular weight is 313 g/mol. The summed E-state index contributed by atoms with van der Waals surface area (Å²) in [6.45, 7) is 0. The summed E-state index contributed by atoms with van der Waals surface area (Å²) in [4.78, 5) is 26.5. The number of likely N-dealkylation sites (N-methyl/N-ethyl adjacent to an activating group) is 1. The summed E-state index contributed by atoms with van der Waals surface area (Å²) in [5.74, 6) is -0.359. The first-order chi connectivity index (χ1) is 10.2. The molecule has 0 radical (unpaired) electrons. The molecule has 2 aliphatic heterocycles. The topological polar surface area (TPSA) is 49.4 Å². The summed E-state index contributed by atoms with van der Waals surface area (Å²) >= 11 is 0. The van der Waals surface area contributed by atoms with E-state index >= 15 is 0 Å². The Labute approximate surface area is 133 Å². The highest BCUT2D eigenvalue weighted by Crippen LogP contribution is 2.43. The van der Waals surface area contributed by atoms with Crippen molar-refractivity contribution in [3.8, 4) is 0 Å². The zero-order valence-corrected chi connectivity index (χ0v) is 12.6. The lowest BCUT2D eigenvalue weighted by atomic mass is 9.96. The number of fused-ring (bicyclic) bond motifs is 2. The van der Waals surface area contributed by atoms with Gasteiger partial charge in [-0.3, -0.25) is 9.59 Å². The van der Waals surface area contributed by atoms with Gasteiger partial charge in [-0.15, -0.1) is 12.4 Å². The van der Waals surface area contributed by atoms with Crippen LogP contribution in [0.15, 0.2) is 48.5 Å². The first-order valence-corrected chi connectivity index (χ1v) is 6.71. The summed E-state index contributed by atoms with van der Waals surface area (Å²) in [5.41, 5.74) is 4.14. The molecule has 0 saturated carbocycles. The Morgan fingerprint density at radius 1 is 0.864 bits per heavy atom. The van der Waals surface area contributed by atoms with Gasteiger partial charge in [0.2, 0.25) is 0 Å². The first-order valence-electron chi connectivity index (χ1n) is 6.71. The number of carbonyl (C=O) groups is 2. The van der Waals surface area contributed by atoms with Gasteiger partial charge in [-0.05, 0) is 12.1 Å². The van der Waals surface area contributed by atoms with Crippen molar-refractivity contribution in [2.75, 3.05) is 17.3 Å². The molecule has 2 amide bonds. The Morgan fingerprint density at radius 3 is 2.27 bits per heavy atom. The summed E-state index contributed by atoms with van der Waals surface area (Å²) in [6.07, 6.45) is 0. The molecule has 4 rings (SSSR count). The number of nitrogens with one attached hydrogen (secondary N) is 1. The number of amides is 2. The molecule has 5 heteroatoms. The lowest BCUT2D eigenvalue weighted by molar-refractivity contribution is -0.113. The number of hydrogen-bond donors (Lipinski definition) is 1. The Morgan fingerprint density at radius 2 is 1.50 bits per heavy atom. The van der Waals surface area contributed by atoms with E-state index in [1.807, 2.05) is 48.5 Å². The maximum atomic E-state index is 12.6. The lowest BCUT2D eigenvalue weighted by Gasteiger charge is -2.08. The molecule has 22 heavy (non-hydrogen) atoms. The van der Waals surface area contributed by atoms with Crippen LogP contribution in [0.1, 0.15) is 11.1 Å². The SMILES string of the molecule is CN1C(=O)C(=C2C(=O)Nc3ccccc32)c2ccccc21.Cl. The van der Waals surface area contributed by atoms with Crippen LogP contribution in [0.4, 0.5) is 11.4 Å². The standard InChI is InChI=1S/C17H12N2O2.ClH/c1-19-13-9-5-3-7-11(13)15(17(19)21)14-10-6-2-4-8-12(10)18-16(14)20;/h2-9H,1H3,(H,18,20);1H.